The Morgan fingerprint density at radius 2 is 1.88 bits per heavy atom. The molecule has 1 aliphatic rings. The molecule has 0 spiro atoms. The summed E-state index contributed by atoms with van der Waals surface area (Å²) >= 11 is 6.00. The van der Waals surface area contributed by atoms with Gasteiger partial charge in [0.2, 0.25) is 5.91 Å². The predicted molar refractivity (Wildman–Crippen MR) is 128 cm³/mol. The van der Waals surface area contributed by atoms with E-state index in [2.05, 4.69) is 26.8 Å². The highest BCUT2D eigenvalue weighted by Crippen LogP contribution is 2.30. The molecule has 0 radical (unpaired) electrons. The van der Waals surface area contributed by atoms with Gasteiger partial charge in [-0.05, 0) is 47.2 Å². The molecule has 5 nitrogen and oxygen atoms in total. The maximum atomic E-state index is 13.5. The molecule has 1 aliphatic heterocycles. The van der Waals surface area contributed by atoms with E-state index >= 15 is 0 Å². The molecule has 1 fully saturated rings. The number of halogens is 1. The number of rotatable bonds is 5. The molecule has 2 heterocycles. The van der Waals surface area contributed by atoms with Crippen molar-refractivity contribution in [1.82, 2.24) is 4.90 Å². The fourth-order valence-corrected chi connectivity index (χ4v) is 6.03. The summed E-state index contributed by atoms with van der Waals surface area (Å²) in [6.45, 7) is 6.79. The molecule has 0 bridgehead atoms. The minimum absolute atomic E-state index is 0.00658. The Labute approximate surface area is 194 Å². The molecule has 0 N–H and O–H groups in total. The molecule has 1 amide bonds. The Kier molecular flexibility index (Phi) is 6.12. The van der Waals surface area contributed by atoms with Crippen LogP contribution in [-0.2, 0) is 33.0 Å². The third-order valence-corrected chi connectivity index (χ3v) is 8.10. The Balaban J connectivity index is 1.63. The highest BCUT2D eigenvalue weighted by Gasteiger charge is 2.35. The van der Waals surface area contributed by atoms with Gasteiger partial charge >= 0.3 is 0 Å². The Morgan fingerprint density at radius 1 is 1.16 bits per heavy atom. The third-order valence-electron chi connectivity index (χ3n) is 6.10. The van der Waals surface area contributed by atoms with Crippen molar-refractivity contribution in [2.45, 2.75) is 51.6 Å². The summed E-state index contributed by atoms with van der Waals surface area (Å²) in [6, 6.07) is 13.1. The molecule has 170 valence electrons. The minimum Gasteiger partial charge on any atom is -0.464 e. The first-order chi connectivity index (χ1) is 15.0. The molecular weight excluding hydrogens is 446 g/mol. The molecule has 1 atom stereocenters. The van der Waals surface area contributed by atoms with Gasteiger partial charge in [0.25, 0.3) is 0 Å². The van der Waals surface area contributed by atoms with Crippen LogP contribution in [-0.4, -0.2) is 36.8 Å². The quantitative estimate of drug-likeness (QED) is 0.514. The minimum atomic E-state index is -3.13. The van der Waals surface area contributed by atoms with E-state index in [0.717, 1.165) is 22.1 Å². The molecule has 0 aliphatic carbocycles. The van der Waals surface area contributed by atoms with E-state index in [1.807, 2.05) is 24.3 Å². The monoisotopic (exact) mass is 473 g/mol. The van der Waals surface area contributed by atoms with Crippen molar-refractivity contribution in [1.29, 1.82) is 0 Å². The summed E-state index contributed by atoms with van der Waals surface area (Å²) in [6.07, 6.45) is 2.26. The lowest BCUT2D eigenvalue weighted by Gasteiger charge is -2.28. The van der Waals surface area contributed by atoms with Gasteiger partial charge in [-0.15, -0.1) is 0 Å². The Bertz CT molecular complexity index is 1240. The molecule has 2 aromatic carbocycles. The first-order valence-corrected chi connectivity index (χ1v) is 13.0. The van der Waals surface area contributed by atoms with Gasteiger partial charge in [0, 0.05) is 28.6 Å². The van der Waals surface area contributed by atoms with E-state index in [1.165, 1.54) is 5.56 Å². The first-order valence-electron chi connectivity index (χ1n) is 10.8. The Morgan fingerprint density at radius 3 is 2.50 bits per heavy atom. The molecule has 3 aromatic rings. The van der Waals surface area contributed by atoms with Gasteiger partial charge in [-0.1, -0.05) is 50.6 Å². The zero-order valence-corrected chi connectivity index (χ0v) is 20.2. The number of furan rings is 1. The second-order valence-electron chi connectivity index (χ2n) is 9.60. The van der Waals surface area contributed by atoms with Gasteiger partial charge in [0.05, 0.1) is 24.2 Å². The van der Waals surface area contributed by atoms with Gasteiger partial charge in [0.15, 0.2) is 9.84 Å². The summed E-state index contributed by atoms with van der Waals surface area (Å²) in [5, 5.41) is 1.55. The number of hydrogen-bond acceptors (Lipinski definition) is 4. The van der Waals surface area contributed by atoms with Crippen LogP contribution >= 0.6 is 11.6 Å². The molecule has 4 rings (SSSR count). The van der Waals surface area contributed by atoms with E-state index in [9.17, 15) is 13.2 Å². The zero-order chi connectivity index (χ0) is 23.1. The molecule has 0 saturated carbocycles. The largest absolute Gasteiger partial charge is 0.464 e. The lowest BCUT2D eigenvalue weighted by molar-refractivity contribution is -0.133. The lowest BCUT2D eigenvalue weighted by Crippen LogP contribution is -2.41. The van der Waals surface area contributed by atoms with Crippen molar-refractivity contribution >= 4 is 38.3 Å². The van der Waals surface area contributed by atoms with Crippen LogP contribution in [0.15, 0.2) is 53.1 Å². The predicted octanol–water partition coefficient (Wildman–Crippen LogP) is 5.14. The van der Waals surface area contributed by atoms with Crippen molar-refractivity contribution in [3.63, 3.8) is 0 Å². The van der Waals surface area contributed by atoms with E-state index in [0.29, 0.717) is 18.0 Å². The van der Waals surface area contributed by atoms with Crippen LogP contribution in [0, 0.1) is 0 Å². The maximum absolute atomic E-state index is 13.5. The van der Waals surface area contributed by atoms with Gasteiger partial charge in [0.1, 0.15) is 5.58 Å². The third kappa shape index (κ3) is 5.02. The number of carbonyl (C=O) groups is 1. The highest BCUT2D eigenvalue weighted by molar-refractivity contribution is 7.91. The SMILES string of the molecule is CC(C)(C)c1ccc2occ(CC(=O)N(Cc3ccc(Cl)cc3)C3CCS(=O)(=O)C3)c2c1. The molecule has 1 saturated heterocycles. The van der Waals surface area contributed by atoms with Crippen molar-refractivity contribution in [3.8, 4) is 0 Å². The summed E-state index contributed by atoms with van der Waals surface area (Å²) in [7, 11) is -3.13. The normalized spacial score (nSPS) is 18.2. The van der Waals surface area contributed by atoms with Crippen LogP contribution in [0.5, 0.6) is 0 Å². The van der Waals surface area contributed by atoms with E-state index in [-0.39, 0.29) is 35.3 Å². The van der Waals surface area contributed by atoms with Crippen molar-refractivity contribution in [3.05, 3.63) is 70.4 Å². The van der Waals surface area contributed by atoms with Crippen LogP contribution in [0.25, 0.3) is 11.0 Å². The fourth-order valence-electron chi connectivity index (χ4n) is 4.18. The molecule has 32 heavy (non-hydrogen) atoms. The molecule has 1 aromatic heterocycles. The number of benzene rings is 2. The van der Waals surface area contributed by atoms with Crippen LogP contribution in [0.3, 0.4) is 0 Å². The number of amides is 1. The van der Waals surface area contributed by atoms with Gasteiger partial charge in [-0.2, -0.15) is 0 Å². The second kappa shape index (κ2) is 8.56. The number of carbonyl (C=O) groups excluding carboxylic acids is 1. The zero-order valence-electron chi connectivity index (χ0n) is 18.6. The average molecular weight is 474 g/mol. The first kappa shape index (κ1) is 22.9. The lowest BCUT2D eigenvalue weighted by atomic mass is 9.86. The number of fused-ring (bicyclic) bond motifs is 1. The van der Waals surface area contributed by atoms with Gasteiger partial charge < -0.3 is 9.32 Å². The number of hydrogen-bond donors (Lipinski definition) is 0. The Hall–Kier alpha value is -2.31. The summed E-state index contributed by atoms with van der Waals surface area (Å²) in [4.78, 5) is 15.2. The van der Waals surface area contributed by atoms with E-state index in [1.54, 1.807) is 23.3 Å². The number of nitrogens with zero attached hydrogens (tertiary/aromatic N) is 1. The smallest absolute Gasteiger partial charge is 0.227 e. The molecule has 7 heteroatoms. The summed E-state index contributed by atoms with van der Waals surface area (Å²) in [5.41, 5.74) is 3.62. The maximum Gasteiger partial charge on any atom is 0.227 e. The summed E-state index contributed by atoms with van der Waals surface area (Å²) in [5.74, 6) is 0.0177. The van der Waals surface area contributed by atoms with Crippen molar-refractivity contribution in [2.75, 3.05) is 11.5 Å². The number of sulfone groups is 1. The average Bonchev–Trinajstić information content (AvgIpc) is 3.29. The topological polar surface area (TPSA) is 67.6 Å². The van der Waals surface area contributed by atoms with Crippen LogP contribution in [0.2, 0.25) is 5.02 Å². The van der Waals surface area contributed by atoms with Crippen molar-refractivity contribution in [2.24, 2.45) is 0 Å². The van der Waals surface area contributed by atoms with Crippen LogP contribution in [0.1, 0.15) is 43.9 Å². The van der Waals surface area contributed by atoms with Gasteiger partial charge in [-0.3, -0.25) is 4.79 Å². The second-order valence-corrected chi connectivity index (χ2v) is 12.3. The van der Waals surface area contributed by atoms with Crippen LogP contribution < -0.4 is 0 Å². The van der Waals surface area contributed by atoms with Crippen molar-refractivity contribution < 1.29 is 17.6 Å². The van der Waals surface area contributed by atoms with E-state index < -0.39 is 9.84 Å². The highest BCUT2D eigenvalue weighted by atomic mass is 35.5. The fraction of sp³-hybridized carbons (Fsp3) is 0.400. The molecular formula is C25H28ClNO4S. The van der Waals surface area contributed by atoms with E-state index in [4.69, 9.17) is 16.0 Å². The summed E-state index contributed by atoms with van der Waals surface area (Å²) < 4.78 is 29.9. The van der Waals surface area contributed by atoms with Crippen LogP contribution in [0.4, 0.5) is 0 Å². The standard InChI is InChI=1S/C25H28ClNO4S/c1-25(2,3)19-6-9-23-22(13-19)18(15-31-23)12-24(28)27(21-10-11-32(29,30)16-21)14-17-4-7-20(26)8-5-17/h4-9,13,15,21H,10-12,14,16H2,1-3H3. The van der Waals surface area contributed by atoms with Gasteiger partial charge in [-0.25, -0.2) is 8.42 Å². The molecule has 1 unspecified atom stereocenters.